The molecular weight excluding hydrogens is 635 g/mol. The van der Waals surface area contributed by atoms with Crippen LogP contribution in [0.15, 0.2) is 152 Å². The third kappa shape index (κ3) is 2.82. The second-order valence-electron chi connectivity index (χ2n) is 14.7. The van der Waals surface area contributed by atoms with Gasteiger partial charge in [0.25, 0.3) is 5.82 Å². The van der Waals surface area contributed by atoms with Gasteiger partial charge in [0.05, 0.1) is 22.9 Å². The first-order valence-electron chi connectivity index (χ1n) is 18.2. The van der Waals surface area contributed by atoms with Crippen molar-refractivity contribution in [1.82, 2.24) is 13.8 Å². The van der Waals surface area contributed by atoms with Gasteiger partial charge in [-0.3, -0.25) is 0 Å². The molecule has 0 N–H and O–H groups in total. The first-order chi connectivity index (χ1) is 25.7. The summed E-state index contributed by atoms with van der Waals surface area (Å²) in [5.41, 5.74) is 14.4. The Kier molecular flexibility index (Phi) is 4.70. The van der Waals surface area contributed by atoms with E-state index in [0.717, 1.165) is 5.82 Å². The summed E-state index contributed by atoms with van der Waals surface area (Å²) in [6.07, 6.45) is 6.83. The summed E-state index contributed by atoms with van der Waals surface area (Å²) in [6, 6.07) is 44.8. The Hall–Kier alpha value is -6.60. The zero-order chi connectivity index (χ0) is 34.0. The maximum Gasteiger partial charge on any atom is 0.394 e. The predicted molar refractivity (Wildman–Crippen MR) is 208 cm³/mol. The Bertz CT molecular complexity index is 3160. The van der Waals surface area contributed by atoms with Crippen molar-refractivity contribution in [2.45, 2.75) is 19.5 Å². The number of anilines is 1. The Morgan fingerprint density at radius 1 is 0.577 bits per heavy atom. The topological polar surface area (TPSA) is 25.8 Å². The number of fused-ring (bicyclic) bond motifs is 11. The van der Waals surface area contributed by atoms with E-state index >= 15 is 0 Å². The molecule has 13 rings (SSSR count). The molecule has 1 unspecified atom stereocenters. The number of benzene rings is 5. The minimum atomic E-state index is -0.683. The minimum Gasteiger partial charge on any atom is -0.319 e. The van der Waals surface area contributed by atoms with E-state index in [1.807, 2.05) is 0 Å². The third-order valence-electron chi connectivity index (χ3n) is 12.4. The molecule has 9 aromatic rings. The Morgan fingerprint density at radius 3 is 1.94 bits per heavy atom. The smallest absolute Gasteiger partial charge is 0.319 e. The number of para-hydroxylation sites is 2. The van der Waals surface area contributed by atoms with Crippen LogP contribution in [0.25, 0.3) is 60.8 Å². The standard InChI is InChI=1S/C45H31BN6/c1-28-42(47-26-23-46(24-27-47)30-12-4-3-5-13-30)29(2)52-45-40-37(49-35-16-8-6-14-31(35)33-20-22-38(51(28)52)41(45)43(33)49)21-19-34-32-15-7-9-17-36(32)50(44(34)40)39-18-10-11-25-48(39)45/h3-27H,1-2H3/q+2. The molecule has 5 aromatic carbocycles. The molecule has 8 heterocycles. The molecule has 1 atom stereocenters. The predicted octanol–water partition coefficient (Wildman–Crippen LogP) is 7.43. The monoisotopic (exact) mass is 666 g/mol. The average Bonchev–Trinajstić information content (AvgIpc) is 3.89. The van der Waals surface area contributed by atoms with E-state index in [0.29, 0.717) is 0 Å². The molecule has 0 radical (unpaired) electrons. The third-order valence-corrected chi connectivity index (χ3v) is 12.4. The van der Waals surface area contributed by atoms with Crippen molar-refractivity contribution in [2.75, 3.05) is 4.90 Å². The Morgan fingerprint density at radius 2 is 1.19 bits per heavy atom. The molecule has 0 aliphatic carbocycles. The molecule has 6 nitrogen and oxygen atoms in total. The lowest BCUT2D eigenvalue weighted by Crippen LogP contribution is -2.77. The van der Waals surface area contributed by atoms with Crippen LogP contribution in [0.5, 0.6) is 0 Å². The van der Waals surface area contributed by atoms with Crippen molar-refractivity contribution in [2.24, 2.45) is 0 Å². The van der Waals surface area contributed by atoms with E-state index in [1.165, 1.54) is 88.7 Å². The van der Waals surface area contributed by atoms with Crippen LogP contribution in [-0.2, 0) is 5.66 Å². The summed E-state index contributed by atoms with van der Waals surface area (Å²) < 4.78 is 12.8. The van der Waals surface area contributed by atoms with Gasteiger partial charge in [-0.25, -0.2) is 0 Å². The fourth-order valence-electron chi connectivity index (χ4n) is 10.5. The number of pyridine rings is 1. The first-order valence-corrected chi connectivity index (χ1v) is 18.2. The summed E-state index contributed by atoms with van der Waals surface area (Å²) in [6.45, 7) is 4.86. The van der Waals surface area contributed by atoms with E-state index in [1.54, 1.807) is 0 Å². The SMILES string of the molecule is Cc1c(N2C=CB(c3ccccc3)C=C2)c(C)[n+]2n1-c1ccc3c4ccccc4n4c3c1C21c2c-4ccc3c4ccccc4n(c23)-c2cccc[n+]21. The summed E-state index contributed by atoms with van der Waals surface area (Å²) >= 11 is 0. The molecule has 4 aromatic heterocycles. The molecule has 4 aliphatic rings. The molecule has 0 amide bonds. The van der Waals surface area contributed by atoms with Gasteiger partial charge >= 0.3 is 5.66 Å². The van der Waals surface area contributed by atoms with Crippen LogP contribution < -0.4 is 19.6 Å². The maximum atomic E-state index is 2.62. The molecule has 1 spiro atoms. The van der Waals surface area contributed by atoms with E-state index in [9.17, 15) is 0 Å². The molecule has 0 fully saturated rings. The minimum absolute atomic E-state index is 0.246. The number of aromatic nitrogens is 5. The van der Waals surface area contributed by atoms with Gasteiger partial charge in [-0.2, -0.15) is 9.13 Å². The Labute approximate surface area is 299 Å². The van der Waals surface area contributed by atoms with Gasteiger partial charge in [0.2, 0.25) is 12.4 Å². The van der Waals surface area contributed by atoms with Crippen LogP contribution in [0.4, 0.5) is 5.69 Å². The van der Waals surface area contributed by atoms with E-state index < -0.39 is 5.66 Å². The lowest BCUT2D eigenvalue weighted by Gasteiger charge is -2.33. The van der Waals surface area contributed by atoms with E-state index in [-0.39, 0.29) is 6.71 Å². The van der Waals surface area contributed by atoms with Crippen molar-refractivity contribution < 1.29 is 9.25 Å². The number of rotatable bonds is 2. The molecule has 0 bridgehead atoms. The van der Waals surface area contributed by atoms with Crippen molar-refractivity contribution in [3.8, 4) is 17.2 Å². The summed E-state index contributed by atoms with van der Waals surface area (Å²) in [5, 5.41) is 5.14. The Balaban J connectivity index is 1.21. The van der Waals surface area contributed by atoms with Crippen LogP contribution in [0, 0.1) is 13.8 Å². The van der Waals surface area contributed by atoms with Gasteiger partial charge in [0.1, 0.15) is 33.7 Å². The molecule has 7 heteroatoms. The van der Waals surface area contributed by atoms with Crippen molar-refractivity contribution >= 4 is 61.5 Å². The zero-order valence-corrected chi connectivity index (χ0v) is 28.7. The van der Waals surface area contributed by atoms with Crippen molar-refractivity contribution in [3.63, 3.8) is 0 Å². The highest BCUT2D eigenvalue weighted by Crippen LogP contribution is 2.55. The molecule has 4 aliphatic heterocycles. The van der Waals surface area contributed by atoms with Crippen LogP contribution >= 0.6 is 0 Å². The van der Waals surface area contributed by atoms with Crippen LogP contribution in [0.1, 0.15) is 22.5 Å². The summed E-state index contributed by atoms with van der Waals surface area (Å²) in [7, 11) is 0. The fourth-order valence-corrected chi connectivity index (χ4v) is 10.5. The van der Waals surface area contributed by atoms with Crippen LogP contribution in [0.3, 0.4) is 0 Å². The van der Waals surface area contributed by atoms with Crippen LogP contribution in [-0.4, -0.2) is 20.5 Å². The molecule has 0 saturated carbocycles. The van der Waals surface area contributed by atoms with Gasteiger partial charge in [-0.1, -0.05) is 88.8 Å². The first kappa shape index (κ1) is 27.2. The number of hydrogen-bond donors (Lipinski definition) is 0. The van der Waals surface area contributed by atoms with Crippen LogP contribution in [0.2, 0.25) is 0 Å². The number of nitrogens with zero attached hydrogens (tertiary/aromatic N) is 6. The zero-order valence-electron chi connectivity index (χ0n) is 28.7. The lowest BCUT2D eigenvalue weighted by atomic mass is 9.45. The summed E-state index contributed by atoms with van der Waals surface area (Å²) in [4.78, 5) is 2.33. The quantitative estimate of drug-likeness (QED) is 0.139. The average molecular weight is 667 g/mol. The van der Waals surface area contributed by atoms with Gasteiger partial charge in [-0.05, 0) is 67.9 Å². The fraction of sp³-hybridized carbons (Fsp3) is 0.0667. The van der Waals surface area contributed by atoms with Gasteiger partial charge in [0, 0.05) is 34.5 Å². The van der Waals surface area contributed by atoms with Gasteiger partial charge in [-0.15, -0.1) is 4.68 Å². The maximum absolute atomic E-state index is 2.62. The second kappa shape index (κ2) is 9.00. The van der Waals surface area contributed by atoms with Crippen molar-refractivity contribution in [1.29, 1.82) is 0 Å². The highest BCUT2D eigenvalue weighted by molar-refractivity contribution is 6.82. The highest BCUT2D eigenvalue weighted by Gasteiger charge is 2.69. The molecule has 242 valence electrons. The normalized spacial score (nSPS) is 17.3. The van der Waals surface area contributed by atoms with Gasteiger partial charge < -0.3 is 9.47 Å². The van der Waals surface area contributed by atoms with E-state index in [2.05, 4.69) is 194 Å². The lowest BCUT2D eigenvalue weighted by molar-refractivity contribution is -0.995. The summed E-state index contributed by atoms with van der Waals surface area (Å²) in [5.74, 6) is 5.80. The highest BCUT2D eigenvalue weighted by atomic mass is 15.6. The second-order valence-corrected chi connectivity index (χ2v) is 14.7. The molecule has 0 saturated heterocycles. The van der Waals surface area contributed by atoms with Crippen molar-refractivity contribution in [3.05, 3.63) is 174 Å². The molecule has 52 heavy (non-hydrogen) atoms. The number of hydrogen-bond acceptors (Lipinski definition) is 1. The van der Waals surface area contributed by atoms with E-state index in [4.69, 9.17) is 0 Å². The van der Waals surface area contributed by atoms with Gasteiger partial charge in [0.15, 0.2) is 5.52 Å². The largest absolute Gasteiger partial charge is 0.394 e. The molecular formula is C45H31BN6+2.